The fourth-order valence-electron chi connectivity index (χ4n) is 0.202. The molecule has 0 aromatic heterocycles. The number of rotatable bonds is 0. The Morgan fingerprint density at radius 2 is 1.17 bits per heavy atom. The summed E-state index contributed by atoms with van der Waals surface area (Å²) in [5.41, 5.74) is 0. The number of carbonyl (C=O) groups excluding carboxylic acids is 2. The van der Waals surface area contributed by atoms with E-state index < -0.39 is 17.9 Å². The maximum Gasteiger partial charge on any atom is 0.310 e. The normalized spacial score (nSPS) is 6.58. The number of hydrogen-bond acceptors (Lipinski definition) is 4. The zero-order valence-electron chi connectivity index (χ0n) is 6.93. The molecule has 6 heteroatoms. The van der Waals surface area contributed by atoms with Crippen LogP contribution in [0.15, 0.2) is 0 Å². The molecule has 5 nitrogen and oxygen atoms in total. The van der Waals surface area contributed by atoms with Gasteiger partial charge in [0.2, 0.25) is 0 Å². The minimum atomic E-state index is -0.833. The molecule has 0 spiro atoms. The second-order valence-electron chi connectivity index (χ2n) is 1.60. The zero-order chi connectivity index (χ0) is 9.44. The summed E-state index contributed by atoms with van der Waals surface area (Å²) in [6.07, 6.45) is 0. The zero-order valence-corrected chi connectivity index (χ0v) is 8.04. The van der Waals surface area contributed by atoms with Gasteiger partial charge in [-0.25, -0.2) is 0 Å². The number of hydrogen-bond donors (Lipinski definition) is 1. The number of carboxylic acids is 1. The van der Waals surface area contributed by atoms with E-state index in [1.807, 2.05) is 0 Å². The van der Waals surface area contributed by atoms with Gasteiger partial charge in [0.1, 0.15) is 0 Å². The van der Waals surface area contributed by atoms with Gasteiger partial charge in [0.05, 0.1) is 0 Å². The molecule has 0 radical (unpaired) electrons. The number of ether oxygens (including phenoxy) is 1. The van der Waals surface area contributed by atoms with Crippen molar-refractivity contribution < 1.29 is 41.3 Å². The van der Waals surface area contributed by atoms with Crippen LogP contribution in [0.4, 0.5) is 0 Å². The second-order valence-corrected chi connectivity index (χ2v) is 1.60. The van der Waals surface area contributed by atoms with Gasteiger partial charge in [-0.05, 0) is 0 Å². The molecule has 0 aromatic rings. The van der Waals surface area contributed by atoms with Crippen molar-refractivity contribution in [3.05, 3.63) is 0 Å². The Morgan fingerprint density at radius 3 is 1.17 bits per heavy atom. The van der Waals surface area contributed by atoms with Crippen LogP contribution in [-0.4, -0.2) is 23.0 Å². The minimum Gasteiger partial charge on any atom is -0.481 e. The molecule has 0 bridgehead atoms. The monoisotopic (exact) mass is 218 g/mol. The van der Waals surface area contributed by atoms with Gasteiger partial charge >= 0.3 is 11.9 Å². The van der Waals surface area contributed by atoms with E-state index in [2.05, 4.69) is 4.74 Å². The largest absolute Gasteiger partial charge is 0.481 e. The summed E-state index contributed by atoms with van der Waals surface area (Å²) in [4.78, 5) is 28.6. The molecule has 12 heavy (non-hydrogen) atoms. The van der Waals surface area contributed by atoms with Crippen LogP contribution in [0.25, 0.3) is 0 Å². The van der Waals surface area contributed by atoms with Gasteiger partial charge in [-0.2, -0.15) is 0 Å². The van der Waals surface area contributed by atoms with Crippen LogP contribution in [0.5, 0.6) is 0 Å². The first-order valence-electron chi connectivity index (χ1n) is 2.74. The molecule has 0 aliphatic heterocycles. The van der Waals surface area contributed by atoms with E-state index in [4.69, 9.17) is 9.90 Å². The van der Waals surface area contributed by atoms with Crippen molar-refractivity contribution >= 4 is 17.9 Å². The first-order valence-corrected chi connectivity index (χ1v) is 2.74. The van der Waals surface area contributed by atoms with Crippen LogP contribution in [-0.2, 0) is 36.2 Å². The molecule has 0 aliphatic carbocycles. The van der Waals surface area contributed by atoms with Crippen molar-refractivity contribution in [3.63, 3.8) is 0 Å². The summed E-state index contributed by atoms with van der Waals surface area (Å²) in [6, 6.07) is 0. The first-order chi connectivity index (χ1) is 4.86. The van der Waals surface area contributed by atoms with E-state index in [9.17, 15) is 9.59 Å². The molecule has 0 saturated carbocycles. The van der Waals surface area contributed by atoms with Gasteiger partial charge in [-0.1, -0.05) is 0 Å². The number of carbonyl (C=O) groups is 3. The molecule has 0 fully saturated rings. The van der Waals surface area contributed by atoms with Crippen LogP contribution < -0.4 is 0 Å². The van der Waals surface area contributed by atoms with Crippen molar-refractivity contribution in [3.8, 4) is 0 Å². The maximum atomic E-state index is 9.81. The molecule has 0 unspecified atom stereocenters. The van der Waals surface area contributed by atoms with Crippen molar-refractivity contribution in [2.24, 2.45) is 0 Å². The van der Waals surface area contributed by atoms with Gasteiger partial charge in [0.25, 0.3) is 5.97 Å². The Labute approximate surface area is 80.6 Å². The van der Waals surface area contributed by atoms with Gasteiger partial charge in [-0.3, -0.25) is 14.4 Å². The van der Waals surface area contributed by atoms with E-state index in [1.165, 1.54) is 13.8 Å². The average molecular weight is 218 g/mol. The fraction of sp³-hybridized carbons (Fsp3) is 0.500. The maximum absolute atomic E-state index is 9.81. The molecule has 0 aliphatic rings. The average Bonchev–Trinajstić information content (AvgIpc) is 1.56. The van der Waals surface area contributed by atoms with Crippen LogP contribution >= 0.6 is 0 Å². The molecular formula is C6H10FeO5. The Morgan fingerprint density at radius 1 is 1.00 bits per heavy atom. The van der Waals surface area contributed by atoms with Gasteiger partial charge in [0, 0.05) is 37.8 Å². The standard InChI is InChI=1S/C4H6O3.C2H4O2.Fe/c1-3(5)7-4(2)6;1-2(3)4;/h1-2H3;1H3,(H,3,4);. The van der Waals surface area contributed by atoms with Crippen molar-refractivity contribution in [1.29, 1.82) is 0 Å². The van der Waals surface area contributed by atoms with Crippen LogP contribution in [0.2, 0.25) is 0 Å². The Bertz CT molecular complexity index is 149. The van der Waals surface area contributed by atoms with E-state index in [0.29, 0.717) is 0 Å². The van der Waals surface area contributed by atoms with Crippen molar-refractivity contribution in [1.82, 2.24) is 0 Å². The molecule has 0 saturated heterocycles. The molecular weight excluding hydrogens is 208 g/mol. The number of aliphatic carboxylic acids is 1. The number of esters is 2. The summed E-state index contributed by atoms with van der Waals surface area (Å²) < 4.78 is 3.97. The third-order valence-corrected chi connectivity index (χ3v) is 0.287. The third-order valence-electron chi connectivity index (χ3n) is 0.287. The molecule has 0 atom stereocenters. The molecule has 0 heterocycles. The first kappa shape index (κ1) is 17.3. The summed E-state index contributed by atoms with van der Waals surface area (Å²) in [5.74, 6) is -1.96. The summed E-state index contributed by atoms with van der Waals surface area (Å²) in [7, 11) is 0. The van der Waals surface area contributed by atoms with E-state index in [-0.39, 0.29) is 17.1 Å². The van der Waals surface area contributed by atoms with E-state index in [0.717, 1.165) is 6.92 Å². The molecule has 0 aromatic carbocycles. The third kappa shape index (κ3) is 61.6. The summed E-state index contributed by atoms with van der Waals surface area (Å²) >= 11 is 0. The van der Waals surface area contributed by atoms with Gasteiger partial charge in [0.15, 0.2) is 0 Å². The van der Waals surface area contributed by atoms with Gasteiger partial charge < -0.3 is 9.84 Å². The Balaban J connectivity index is -0.000000142. The molecule has 1 N–H and O–H groups in total. The smallest absolute Gasteiger partial charge is 0.310 e. The van der Waals surface area contributed by atoms with Crippen molar-refractivity contribution in [2.45, 2.75) is 20.8 Å². The van der Waals surface area contributed by atoms with Crippen molar-refractivity contribution in [2.75, 3.05) is 0 Å². The summed E-state index contributed by atoms with van der Waals surface area (Å²) in [5, 5.41) is 7.42. The molecule has 72 valence electrons. The van der Waals surface area contributed by atoms with E-state index in [1.54, 1.807) is 0 Å². The van der Waals surface area contributed by atoms with E-state index >= 15 is 0 Å². The predicted octanol–water partition coefficient (Wildman–Crippen LogP) is 0.184. The Kier molecular flexibility index (Phi) is 14.6. The van der Waals surface area contributed by atoms with Gasteiger partial charge in [-0.15, -0.1) is 0 Å². The van der Waals surface area contributed by atoms with Crippen LogP contribution in [0.3, 0.4) is 0 Å². The number of carboxylic acid groups (broad SMARTS) is 1. The minimum absolute atomic E-state index is 0. The second kappa shape index (κ2) is 10.1. The van der Waals surface area contributed by atoms with Crippen LogP contribution in [0, 0.1) is 0 Å². The topological polar surface area (TPSA) is 80.7 Å². The van der Waals surface area contributed by atoms with Crippen LogP contribution in [0.1, 0.15) is 20.8 Å². The molecule has 0 amide bonds. The summed E-state index contributed by atoms with van der Waals surface area (Å²) in [6.45, 7) is 3.45. The molecule has 0 rings (SSSR count). The fourth-order valence-corrected chi connectivity index (χ4v) is 0.202. The predicted molar refractivity (Wildman–Crippen MR) is 35.8 cm³/mol. The Hall–Kier alpha value is -0.871. The quantitative estimate of drug-likeness (QED) is 0.356. The SMILES string of the molecule is CC(=O)O.CC(=O)OC(C)=O.[Fe].